The van der Waals surface area contributed by atoms with Crippen molar-refractivity contribution in [1.82, 2.24) is 5.32 Å². The third-order valence-electron chi connectivity index (χ3n) is 3.46. The molecule has 1 aromatic rings. The van der Waals surface area contributed by atoms with Crippen molar-refractivity contribution in [3.63, 3.8) is 0 Å². The van der Waals surface area contributed by atoms with Crippen molar-refractivity contribution in [1.29, 1.82) is 0 Å². The molecule has 0 radical (unpaired) electrons. The molecule has 0 saturated heterocycles. The number of primary amides is 1. The van der Waals surface area contributed by atoms with Crippen molar-refractivity contribution >= 4 is 5.91 Å². The number of hydrogen-bond acceptors (Lipinski definition) is 3. The minimum absolute atomic E-state index is 0.205. The van der Waals surface area contributed by atoms with Gasteiger partial charge in [0.15, 0.2) is 0 Å². The third-order valence-corrected chi connectivity index (χ3v) is 3.46. The molecular weight excluding hydrogens is 252 g/mol. The van der Waals surface area contributed by atoms with Gasteiger partial charge in [0.1, 0.15) is 5.75 Å². The lowest BCUT2D eigenvalue weighted by Crippen LogP contribution is -2.48. The summed E-state index contributed by atoms with van der Waals surface area (Å²) in [4.78, 5) is 11.4. The Kier molecular flexibility index (Phi) is 6.52. The van der Waals surface area contributed by atoms with Gasteiger partial charge in [-0.3, -0.25) is 4.79 Å². The summed E-state index contributed by atoms with van der Waals surface area (Å²) in [5.74, 6) is 0.792. The topological polar surface area (TPSA) is 64.3 Å². The quantitative estimate of drug-likeness (QED) is 0.765. The number of nitrogens with one attached hydrogen (secondary N) is 1. The van der Waals surface area contributed by atoms with Gasteiger partial charge in [0.05, 0.1) is 13.2 Å². The second-order valence-electron chi connectivity index (χ2n) is 5.58. The maximum Gasteiger partial charge on any atom is 0.234 e. The number of amides is 1. The van der Waals surface area contributed by atoms with Crippen molar-refractivity contribution in [2.75, 3.05) is 7.11 Å². The second-order valence-corrected chi connectivity index (χ2v) is 5.58. The molecule has 3 N–H and O–H groups in total. The van der Waals surface area contributed by atoms with Crippen LogP contribution in [-0.2, 0) is 11.2 Å². The van der Waals surface area contributed by atoms with E-state index in [0.29, 0.717) is 0 Å². The van der Waals surface area contributed by atoms with E-state index in [9.17, 15) is 4.79 Å². The summed E-state index contributed by atoms with van der Waals surface area (Å²) in [7, 11) is 1.66. The summed E-state index contributed by atoms with van der Waals surface area (Å²) >= 11 is 0. The lowest BCUT2D eigenvalue weighted by Gasteiger charge is -2.23. The van der Waals surface area contributed by atoms with Gasteiger partial charge >= 0.3 is 0 Å². The highest BCUT2D eigenvalue weighted by Crippen LogP contribution is 2.13. The van der Waals surface area contributed by atoms with Crippen LogP contribution in [0.5, 0.6) is 5.75 Å². The second kappa shape index (κ2) is 7.90. The zero-order valence-corrected chi connectivity index (χ0v) is 12.8. The molecule has 4 nitrogen and oxygen atoms in total. The summed E-state index contributed by atoms with van der Waals surface area (Å²) < 4.78 is 5.14. The van der Waals surface area contributed by atoms with Crippen LogP contribution in [0.2, 0.25) is 0 Å². The Bertz CT molecular complexity index is 415. The molecule has 0 saturated carbocycles. The molecule has 2 atom stereocenters. The van der Waals surface area contributed by atoms with Crippen molar-refractivity contribution in [3.05, 3.63) is 29.8 Å². The molecule has 0 bridgehead atoms. The number of benzene rings is 1. The fourth-order valence-electron chi connectivity index (χ4n) is 2.17. The predicted molar refractivity (Wildman–Crippen MR) is 81.7 cm³/mol. The van der Waals surface area contributed by atoms with E-state index in [0.717, 1.165) is 18.6 Å². The normalized spacial score (nSPS) is 14.1. The number of rotatable bonds is 8. The molecule has 0 aliphatic carbocycles. The monoisotopic (exact) mass is 278 g/mol. The van der Waals surface area contributed by atoms with E-state index in [-0.39, 0.29) is 23.9 Å². The largest absolute Gasteiger partial charge is 0.497 e. The van der Waals surface area contributed by atoms with Gasteiger partial charge in [-0.15, -0.1) is 0 Å². The van der Waals surface area contributed by atoms with Crippen molar-refractivity contribution < 1.29 is 9.53 Å². The van der Waals surface area contributed by atoms with Gasteiger partial charge in [0.2, 0.25) is 5.91 Å². The molecular formula is C16H26N2O2. The number of ether oxygens (including phenoxy) is 1. The fourth-order valence-corrected chi connectivity index (χ4v) is 2.17. The van der Waals surface area contributed by atoms with Crippen molar-refractivity contribution in [3.8, 4) is 5.75 Å². The average Bonchev–Trinajstić information content (AvgIpc) is 2.42. The van der Waals surface area contributed by atoms with Crippen molar-refractivity contribution in [2.45, 2.75) is 45.7 Å². The Morgan fingerprint density at radius 3 is 2.30 bits per heavy atom. The third kappa shape index (κ3) is 5.21. The van der Waals surface area contributed by atoms with Gasteiger partial charge in [-0.1, -0.05) is 26.0 Å². The minimum atomic E-state index is -0.281. The lowest BCUT2D eigenvalue weighted by atomic mass is 10.0. The predicted octanol–water partition coefficient (Wildman–Crippen LogP) is 2.12. The highest BCUT2D eigenvalue weighted by molar-refractivity contribution is 5.80. The number of hydrogen-bond donors (Lipinski definition) is 2. The van der Waals surface area contributed by atoms with Gasteiger partial charge in [-0.2, -0.15) is 0 Å². The molecule has 0 aliphatic rings. The van der Waals surface area contributed by atoms with E-state index >= 15 is 0 Å². The van der Waals surface area contributed by atoms with Crippen LogP contribution in [0.25, 0.3) is 0 Å². The fraction of sp³-hybridized carbons (Fsp3) is 0.562. The zero-order valence-electron chi connectivity index (χ0n) is 12.8. The summed E-state index contributed by atoms with van der Waals surface area (Å²) in [6, 6.07) is 8.05. The number of nitrogens with two attached hydrogens (primary N) is 1. The average molecular weight is 278 g/mol. The minimum Gasteiger partial charge on any atom is -0.497 e. The summed E-state index contributed by atoms with van der Waals surface area (Å²) in [6.45, 7) is 6.08. The van der Waals surface area contributed by atoms with Crippen LogP contribution in [0.15, 0.2) is 24.3 Å². The van der Waals surface area contributed by atoms with Gasteiger partial charge in [0, 0.05) is 6.04 Å². The van der Waals surface area contributed by atoms with Crippen molar-refractivity contribution in [2.24, 2.45) is 11.7 Å². The number of carbonyl (C=O) groups excluding carboxylic acids is 1. The van der Waals surface area contributed by atoms with E-state index in [1.807, 2.05) is 26.0 Å². The summed E-state index contributed by atoms with van der Waals surface area (Å²) in [5, 5.41) is 3.31. The Morgan fingerprint density at radius 2 is 1.85 bits per heavy atom. The molecule has 0 aliphatic heterocycles. The molecule has 0 heterocycles. The maximum absolute atomic E-state index is 11.4. The van der Waals surface area contributed by atoms with Crippen LogP contribution < -0.4 is 15.8 Å². The Labute approximate surface area is 121 Å². The number of carbonyl (C=O) groups is 1. The van der Waals surface area contributed by atoms with E-state index in [2.05, 4.69) is 24.4 Å². The Morgan fingerprint density at radius 1 is 1.25 bits per heavy atom. The summed E-state index contributed by atoms with van der Waals surface area (Å²) in [5.41, 5.74) is 6.67. The first-order chi connectivity index (χ1) is 9.43. The molecule has 1 amide bonds. The number of methoxy groups -OCH3 is 1. The van der Waals surface area contributed by atoms with Crippen LogP contribution in [-0.4, -0.2) is 25.1 Å². The molecule has 112 valence electrons. The molecule has 0 aromatic heterocycles. The highest BCUT2D eigenvalue weighted by Gasteiger charge is 2.20. The smallest absolute Gasteiger partial charge is 0.234 e. The summed E-state index contributed by atoms with van der Waals surface area (Å²) in [6.07, 6.45) is 1.92. The number of aryl methyl sites for hydroxylation is 1. The van der Waals surface area contributed by atoms with E-state index < -0.39 is 0 Å². The van der Waals surface area contributed by atoms with Gasteiger partial charge in [-0.25, -0.2) is 0 Å². The van der Waals surface area contributed by atoms with Crippen LogP contribution in [0.3, 0.4) is 0 Å². The van der Waals surface area contributed by atoms with Crippen LogP contribution in [0.1, 0.15) is 32.8 Å². The standard InChI is InChI=1S/C16H26N2O2/c1-11(2)15(16(17)19)18-12(3)5-6-13-7-9-14(20-4)10-8-13/h7-12,15,18H,5-6H2,1-4H3,(H2,17,19). The molecule has 4 heteroatoms. The SMILES string of the molecule is COc1ccc(CCC(C)NC(C(N)=O)C(C)C)cc1. The van der Waals surface area contributed by atoms with Crippen LogP contribution >= 0.6 is 0 Å². The van der Waals surface area contributed by atoms with Gasteiger partial charge < -0.3 is 15.8 Å². The molecule has 0 spiro atoms. The van der Waals surface area contributed by atoms with Gasteiger partial charge in [0.25, 0.3) is 0 Å². The van der Waals surface area contributed by atoms with E-state index in [4.69, 9.17) is 10.5 Å². The molecule has 1 aromatic carbocycles. The first-order valence-corrected chi connectivity index (χ1v) is 7.12. The van der Waals surface area contributed by atoms with Crippen LogP contribution in [0.4, 0.5) is 0 Å². The lowest BCUT2D eigenvalue weighted by molar-refractivity contribution is -0.121. The van der Waals surface area contributed by atoms with Gasteiger partial charge in [-0.05, 0) is 43.4 Å². The maximum atomic E-state index is 11.4. The zero-order chi connectivity index (χ0) is 15.1. The Hall–Kier alpha value is -1.55. The van der Waals surface area contributed by atoms with E-state index in [1.54, 1.807) is 7.11 Å². The molecule has 20 heavy (non-hydrogen) atoms. The van der Waals surface area contributed by atoms with Crippen LogP contribution in [0, 0.1) is 5.92 Å². The first-order valence-electron chi connectivity index (χ1n) is 7.12. The highest BCUT2D eigenvalue weighted by atomic mass is 16.5. The molecule has 1 rings (SSSR count). The molecule has 0 fully saturated rings. The van der Waals surface area contributed by atoms with E-state index in [1.165, 1.54) is 5.56 Å². The Balaban J connectivity index is 2.45. The first kappa shape index (κ1) is 16.5. The molecule has 2 unspecified atom stereocenters.